The van der Waals surface area contributed by atoms with Gasteiger partial charge in [0.1, 0.15) is 11.9 Å². The van der Waals surface area contributed by atoms with Crippen molar-refractivity contribution in [3.63, 3.8) is 0 Å². The molecular weight excluding hydrogens is 339 g/mol. The number of hydrogen-bond acceptors (Lipinski definition) is 5. The number of anilines is 1. The number of thioether (sulfide) groups is 1. The van der Waals surface area contributed by atoms with E-state index in [0.29, 0.717) is 0 Å². The summed E-state index contributed by atoms with van der Waals surface area (Å²) in [5, 5.41) is 10.5. The summed E-state index contributed by atoms with van der Waals surface area (Å²) < 4.78 is 13.8. The van der Waals surface area contributed by atoms with E-state index < -0.39 is 40.8 Å². The first-order chi connectivity index (χ1) is 11.3. The molecule has 1 fully saturated rings. The fraction of sp³-hybridized carbons (Fsp3) is 0.333. The lowest BCUT2D eigenvalue weighted by molar-refractivity contribution is -0.140. The van der Waals surface area contributed by atoms with E-state index >= 15 is 0 Å². The Morgan fingerprint density at radius 2 is 2.08 bits per heavy atom. The first-order valence-corrected chi connectivity index (χ1v) is 8.09. The number of benzene rings is 1. The number of carboxylic acid groups (broad SMARTS) is 1. The van der Waals surface area contributed by atoms with E-state index in [1.807, 2.05) is 0 Å². The molecule has 1 saturated heterocycles. The predicted molar refractivity (Wildman–Crippen MR) is 85.0 cm³/mol. The molecule has 2 rings (SSSR count). The molecule has 24 heavy (non-hydrogen) atoms. The number of para-hydroxylation sites is 1. The van der Waals surface area contributed by atoms with Gasteiger partial charge in [-0.2, -0.15) is 0 Å². The molecule has 1 aliphatic heterocycles. The molecule has 1 aromatic rings. The Morgan fingerprint density at radius 1 is 1.42 bits per heavy atom. The van der Waals surface area contributed by atoms with Gasteiger partial charge in [-0.1, -0.05) is 12.1 Å². The zero-order chi connectivity index (χ0) is 17.9. The van der Waals surface area contributed by atoms with Crippen molar-refractivity contribution in [1.82, 2.24) is 5.32 Å². The Balaban J connectivity index is 2.07. The molecular formula is C15H15FN2O5S. The van der Waals surface area contributed by atoms with E-state index in [1.54, 1.807) is 0 Å². The number of amides is 3. The van der Waals surface area contributed by atoms with Gasteiger partial charge in [-0.3, -0.25) is 14.4 Å². The highest BCUT2D eigenvalue weighted by atomic mass is 32.2. The van der Waals surface area contributed by atoms with Gasteiger partial charge in [0.25, 0.3) is 0 Å². The lowest BCUT2D eigenvalue weighted by Crippen LogP contribution is -2.42. The van der Waals surface area contributed by atoms with Gasteiger partial charge in [0.2, 0.25) is 17.7 Å². The van der Waals surface area contributed by atoms with Crippen molar-refractivity contribution in [1.29, 1.82) is 0 Å². The predicted octanol–water partition coefficient (Wildman–Crippen LogP) is 0.780. The van der Waals surface area contributed by atoms with Gasteiger partial charge in [0.05, 0.1) is 10.9 Å². The van der Waals surface area contributed by atoms with Crippen LogP contribution in [-0.4, -0.2) is 45.8 Å². The molecule has 1 aliphatic rings. The summed E-state index contributed by atoms with van der Waals surface area (Å²) in [6, 6.07) is 4.26. The number of aliphatic carboxylic acids is 1. The number of carbonyl (C=O) groups is 4. The van der Waals surface area contributed by atoms with Crippen LogP contribution in [0.1, 0.15) is 13.3 Å². The van der Waals surface area contributed by atoms with Crippen molar-refractivity contribution < 1.29 is 28.7 Å². The molecule has 2 N–H and O–H groups in total. The summed E-state index contributed by atoms with van der Waals surface area (Å²) in [7, 11) is 0. The van der Waals surface area contributed by atoms with Gasteiger partial charge in [-0.25, -0.2) is 14.1 Å². The van der Waals surface area contributed by atoms with Crippen LogP contribution in [0.4, 0.5) is 10.1 Å². The second kappa shape index (κ2) is 7.43. The van der Waals surface area contributed by atoms with Crippen molar-refractivity contribution >= 4 is 41.1 Å². The van der Waals surface area contributed by atoms with Crippen LogP contribution in [-0.2, 0) is 19.2 Å². The molecule has 0 radical (unpaired) electrons. The first-order valence-electron chi connectivity index (χ1n) is 7.04. The maximum Gasteiger partial charge on any atom is 0.327 e. The number of carbonyl (C=O) groups excluding carboxylic acids is 3. The van der Waals surface area contributed by atoms with Crippen LogP contribution >= 0.6 is 11.8 Å². The Kier molecular flexibility index (Phi) is 5.55. The van der Waals surface area contributed by atoms with Crippen LogP contribution in [0, 0.1) is 5.82 Å². The summed E-state index contributed by atoms with van der Waals surface area (Å²) in [5.41, 5.74) is -0.118. The van der Waals surface area contributed by atoms with E-state index in [4.69, 9.17) is 5.11 Å². The molecule has 0 bridgehead atoms. The number of carboxylic acids is 1. The highest BCUT2D eigenvalue weighted by molar-refractivity contribution is 8.00. The van der Waals surface area contributed by atoms with Gasteiger partial charge >= 0.3 is 5.97 Å². The Hall–Kier alpha value is -2.42. The van der Waals surface area contributed by atoms with E-state index in [-0.39, 0.29) is 17.9 Å². The maximum atomic E-state index is 13.8. The van der Waals surface area contributed by atoms with Crippen LogP contribution in [0.15, 0.2) is 24.3 Å². The molecule has 2 atom stereocenters. The van der Waals surface area contributed by atoms with Crippen molar-refractivity contribution in [2.45, 2.75) is 24.6 Å². The van der Waals surface area contributed by atoms with Crippen molar-refractivity contribution in [3.05, 3.63) is 30.1 Å². The minimum absolute atomic E-state index is 0.0797. The SMILES string of the molecule is CC(=O)N[C@@H](CS[C@@H]1CC(=O)N(c2ccccc2F)C1=O)C(=O)O. The topological polar surface area (TPSA) is 104 Å². The highest BCUT2D eigenvalue weighted by Gasteiger charge is 2.41. The van der Waals surface area contributed by atoms with Crippen LogP contribution in [0.2, 0.25) is 0 Å². The first kappa shape index (κ1) is 17.9. The van der Waals surface area contributed by atoms with Crippen LogP contribution in [0.3, 0.4) is 0 Å². The molecule has 0 aliphatic carbocycles. The number of nitrogens with one attached hydrogen (secondary N) is 1. The summed E-state index contributed by atoms with van der Waals surface area (Å²) in [4.78, 5) is 47.2. The number of rotatable bonds is 6. The zero-order valence-electron chi connectivity index (χ0n) is 12.7. The Bertz CT molecular complexity index is 696. The van der Waals surface area contributed by atoms with Gasteiger partial charge in [0, 0.05) is 19.1 Å². The third kappa shape index (κ3) is 3.91. The third-order valence-electron chi connectivity index (χ3n) is 3.34. The van der Waals surface area contributed by atoms with Gasteiger partial charge in [0.15, 0.2) is 0 Å². The summed E-state index contributed by atoms with van der Waals surface area (Å²) in [6.45, 7) is 1.19. The van der Waals surface area contributed by atoms with Crippen molar-refractivity contribution in [2.24, 2.45) is 0 Å². The van der Waals surface area contributed by atoms with Crippen LogP contribution < -0.4 is 10.2 Å². The second-order valence-corrected chi connectivity index (χ2v) is 6.37. The van der Waals surface area contributed by atoms with Gasteiger partial charge < -0.3 is 10.4 Å². The normalized spacial score (nSPS) is 18.6. The number of halogens is 1. The van der Waals surface area contributed by atoms with Crippen molar-refractivity contribution in [2.75, 3.05) is 10.7 Å². The molecule has 0 aromatic heterocycles. The molecule has 0 saturated carbocycles. The molecule has 1 heterocycles. The minimum atomic E-state index is -1.24. The lowest BCUT2D eigenvalue weighted by Gasteiger charge is -2.17. The monoisotopic (exact) mass is 354 g/mol. The van der Waals surface area contributed by atoms with Crippen LogP contribution in [0.5, 0.6) is 0 Å². The molecule has 3 amide bonds. The minimum Gasteiger partial charge on any atom is -0.480 e. The van der Waals surface area contributed by atoms with Gasteiger partial charge in [-0.05, 0) is 12.1 Å². The summed E-state index contributed by atoms with van der Waals surface area (Å²) in [5.74, 6) is -3.66. The van der Waals surface area contributed by atoms with E-state index in [9.17, 15) is 23.6 Å². The van der Waals surface area contributed by atoms with Crippen molar-refractivity contribution in [3.8, 4) is 0 Å². The molecule has 9 heteroatoms. The smallest absolute Gasteiger partial charge is 0.327 e. The number of nitrogens with zero attached hydrogens (tertiary/aromatic N) is 1. The Labute approximate surface area is 141 Å². The van der Waals surface area contributed by atoms with Gasteiger partial charge in [-0.15, -0.1) is 11.8 Å². The summed E-state index contributed by atoms with van der Waals surface area (Å²) in [6.07, 6.45) is -0.149. The molecule has 0 spiro atoms. The largest absolute Gasteiger partial charge is 0.480 e. The summed E-state index contributed by atoms with van der Waals surface area (Å²) >= 11 is 0.949. The quantitative estimate of drug-likeness (QED) is 0.732. The van der Waals surface area contributed by atoms with E-state index in [1.165, 1.54) is 25.1 Å². The molecule has 1 aromatic carbocycles. The average molecular weight is 354 g/mol. The second-order valence-electron chi connectivity index (χ2n) is 5.14. The van der Waals surface area contributed by atoms with Crippen LogP contribution in [0.25, 0.3) is 0 Å². The third-order valence-corrected chi connectivity index (χ3v) is 4.63. The molecule has 7 nitrogen and oxygen atoms in total. The Morgan fingerprint density at radius 3 is 2.67 bits per heavy atom. The number of imide groups is 1. The maximum absolute atomic E-state index is 13.8. The molecule has 128 valence electrons. The van der Waals surface area contributed by atoms with E-state index in [2.05, 4.69) is 5.32 Å². The lowest BCUT2D eigenvalue weighted by atomic mass is 10.3. The number of hydrogen-bond donors (Lipinski definition) is 2. The fourth-order valence-electron chi connectivity index (χ4n) is 2.25. The average Bonchev–Trinajstić information content (AvgIpc) is 2.78. The van der Waals surface area contributed by atoms with E-state index in [0.717, 1.165) is 22.7 Å². The fourth-order valence-corrected chi connectivity index (χ4v) is 3.41. The standard InChI is InChI=1S/C15H15FN2O5S/c1-8(19)17-10(15(22)23)7-24-12-6-13(20)18(14(12)21)11-5-3-2-4-9(11)16/h2-5,10,12H,6-7H2,1H3,(H,17,19)(H,22,23)/t10-,12+/m0/s1. The highest BCUT2D eigenvalue weighted by Crippen LogP contribution is 2.31. The zero-order valence-corrected chi connectivity index (χ0v) is 13.5. The molecule has 0 unspecified atom stereocenters.